The third-order valence-electron chi connectivity index (χ3n) is 2.98. The maximum Gasteiger partial charge on any atom is 0.282 e. The average molecular weight is 276 g/mol. The van der Waals surface area contributed by atoms with E-state index >= 15 is 0 Å². The SMILES string of the molecule is Cc1c(Cl)cccc1-n1ncc2c(=O)n(N)cnc21. The third kappa shape index (κ3) is 1.68. The van der Waals surface area contributed by atoms with Gasteiger partial charge in [-0.2, -0.15) is 5.10 Å². The molecular formula is C12H10ClN5O. The first-order valence-electron chi connectivity index (χ1n) is 5.55. The molecule has 7 heteroatoms. The molecule has 3 aromatic rings. The second-order valence-electron chi connectivity index (χ2n) is 4.13. The standard InChI is InChI=1S/C12H10ClN5O/c1-7-9(13)3-2-4-10(7)18-11-8(5-16-18)12(19)17(14)6-15-11/h2-6H,14H2,1H3. The average Bonchev–Trinajstić information content (AvgIpc) is 2.82. The van der Waals surface area contributed by atoms with E-state index in [-0.39, 0.29) is 5.56 Å². The maximum absolute atomic E-state index is 11.8. The minimum Gasteiger partial charge on any atom is -0.335 e. The van der Waals surface area contributed by atoms with E-state index in [9.17, 15) is 4.79 Å². The van der Waals surface area contributed by atoms with Gasteiger partial charge >= 0.3 is 0 Å². The van der Waals surface area contributed by atoms with Gasteiger partial charge in [0.05, 0.1) is 11.9 Å². The normalized spacial score (nSPS) is 11.1. The predicted octanol–water partition coefficient (Wildman–Crippen LogP) is 1.26. The van der Waals surface area contributed by atoms with Crippen molar-refractivity contribution < 1.29 is 0 Å². The van der Waals surface area contributed by atoms with Crippen molar-refractivity contribution in [2.45, 2.75) is 6.92 Å². The summed E-state index contributed by atoms with van der Waals surface area (Å²) in [6.07, 6.45) is 2.72. The molecule has 0 amide bonds. The van der Waals surface area contributed by atoms with E-state index in [1.807, 2.05) is 19.1 Å². The van der Waals surface area contributed by atoms with Crippen LogP contribution in [0.15, 0.2) is 35.5 Å². The summed E-state index contributed by atoms with van der Waals surface area (Å²) in [7, 11) is 0. The fourth-order valence-electron chi connectivity index (χ4n) is 1.93. The molecule has 3 rings (SSSR count). The van der Waals surface area contributed by atoms with Crippen molar-refractivity contribution in [2.75, 3.05) is 5.84 Å². The number of fused-ring (bicyclic) bond motifs is 1. The first-order chi connectivity index (χ1) is 9.09. The summed E-state index contributed by atoms with van der Waals surface area (Å²) in [6, 6.07) is 5.48. The highest BCUT2D eigenvalue weighted by atomic mass is 35.5. The number of rotatable bonds is 1. The fraction of sp³-hybridized carbons (Fsp3) is 0.0833. The Morgan fingerprint density at radius 2 is 2.16 bits per heavy atom. The van der Waals surface area contributed by atoms with Crippen molar-refractivity contribution in [3.05, 3.63) is 51.7 Å². The predicted molar refractivity (Wildman–Crippen MR) is 73.0 cm³/mol. The zero-order valence-electron chi connectivity index (χ0n) is 10.0. The largest absolute Gasteiger partial charge is 0.335 e. The topological polar surface area (TPSA) is 78.7 Å². The third-order valence-corrected chi connectivity index (χ3v) is 3.39. The van der Waals surface area contributed by atoms with Gasteiger partial charge in [-0.05, 0) is 24.6 Å². The fourth-order valence-corrected chi connectivity index (χ4v) is 2.10. The number of nitrogens with zero attached hydrogens (tertiary/aromatic N) is 4. The van der Waals surface area contributed by atoms with Crippen LogP contribution in [0.5, 0.6) is 0 Å². The zero-order valence-corrected chi connectivity index (χ0v) is 10.8. The molecule has 6 nitrogen and oxygen atoms in total. The Hall–Kier alpha value is -2.34. The second-order valence-corrected chi connectivity index (χ2v) is 4.54. The summed E-state index contributed by atoms with van der Waals surface area (Å²) in [5.41, 5.74) is 1.77. The Bertz CT molecular complexity index is 836. The number of aromatic nitrogens is 4. The van der Waals surface area contributed by atoms with Crippen molar-refractivity contribution in [3.63, 3.8) is 0 Å². The molecule has 2 N–H and O–H groups in total. The van der Waals surface area contributed by atoms with Crippen LogP contribution in [0, 0.1) is 6.92 Å². The molecule has 0 aliphatic heterocycles. The summed E-state index contributed by atoms with van der Waals surface area (Å²) >= 11 is 6.09. The van der Waals surface area contributed by atoms with Gasteiger partial charge in [0.25, 0.3) is 5.56 Å². The highest BCUT2D eigenvalue weighted by molar-refractivity contribution is 6.31. The minimum atomic E-state index is -0.337. The monoisotopic (exact) mass is 275 g/mol. The molecule has 0 bridgehead atoms. The number of nitrogens with two attached hydrogens (primary N) is 1. The van der Waals surface area contributed by atoms with Crippen molar-refractivity contribution in [1.82, 2.24) is 19.4 Å². The van der Waals surface area contributed by atoms with Gasteiger partial charge in [0.2, 0.25) is 0 Å². The molecule has 0 aliphatic rings. The summed E-state index contributed by atoms with van der Waals surface area (Å²) in [6.45, 7) is 1.88. The van der Waals surface area contributed by atoms with E-state index in [0.29, 0.717) is 16.1 Å². The van der Waals surface area contributed by atoms with Crippen LogP contribution >= 0.6 is 11.6 Å². The number of nitrogen functional groups attached to an aromatic ring is 1. The summed E-state index contributed by atoms with van der Waals surface area (Å²) < 4.78 is 2.51. The molecule has 1 aromatic carbocycles. The van der Waals surface area contributed by atoms with E-state index in [0.717, 1.165) is 15.9 Å². The quantitative estimate of drug-likeness (QED) is 0.678. The highest BCUT2D eigenvalue weighted by Gasteiger charge is 2.12. The van der Waals surface area contributed by atoms with E-state index in [1.165, 1.54) is 12.5 Å². The molecule has 0 radical (unpaired) electrons. The number of halogens is 1. The van der Waals surface area contributed by atoms with Crippen LogP contribution < -0.4 is 11.4 Å². The van der Waals surface area contributed by atoms with Crippen molar-refractivity contribution >= 4 is 22.6 Å². The first kappa shape index (κ1) is 11.7. The van der Waals surface area contributed by atoms with Crippen molar-refractivity contribution in [3.8, 4) is 5.69 Å². The first-order valence-corrected chi connectivity index (χ1v) is 5.93. The molecule has 0 fully saturated rings. The Balaban J connectivity index is 2.36. The van der Waals surface area contributed by atoms with Gasteiger partial charge in [-0.3, -0.25) is 4.79 Å². The van der Waals surface area contributed by atoms with Gasteiger partial charge in [0, 0.05) is 5.02 Å². The van der Waals surface area contributed by atoms with Crippen LogP contribution in [0.25, 0.3) is 16.7 Å². The van der Waals surface area contributed by atoms with Crippen LogP contribution in [0.4, 0.5) is 0 Å². The van der Waals surface area contributed by atoms with Gasteiger partial charge in [-0.1, -0.05) is 17.7 Å². The molecule has 0 saturated carbocycles. The van der Waals surface area contributed by atoms with Crippen LogP contribution in [0.2, 0.25) is 5.02 Å². The lowest BCUT2D eigenvalue weighted by Gasteiger charge is -2.08. The Morgan fingerprint density at radius 3 is 2.95 bits per heavy atom. The van der Waals surface area contributed by atoms with Crippen LogP contribution in [0.1, 0.15) is 5.56 Å². The summed E-state index contributed by atoms with van der Waals surface area (Å²) in [5.74, 6) is 5.47. The molecule has 19 heavy (non-hydrogen) atoms. The molecule has 0 aliphatic carbocycles. The second kappa shape index (κ2) is 4.10. The highest BCUT2D eigenvalue weighted by Crippen LogP contribution is 2.23. The van der Waals surface area contributed by atoms with Gasteiger partial charge in [0.15, 0.2) is 5.65 Å². The minimum absolute atomic E-state index is 0.337. The van der Waals surface area contributed by atoms with E-state index < -0.39 is 0 Å². The lowest BCUT2D eigenvalue weighted by atomic mass is 10.2. The molecule has 2 heterocycles. The van der Waals surface area contributed by atoms with E-state index in [4.69, 9.17) is 17.4 Å². The van der Waals surface area contributed by atoms with Crippen molar-refractivity contribution in [2.24, 2.45) is 0 Å². The van der Waals surface area contributed by atoms with Gasteiger partial charge in [-0.15, -0.1) is 0 Å². The van der Waals surface area contributed by atoms with E-state index in [2.05, 4.69) is 10.1 Å². The Kier molecular flexibility index (Phi) is 2.53. The number of benzene rings is 1. The van der Waals surface area contributed by atoms with Gasteiger partial charge in [0.1, 0.15) is 11.7 Å². The molecule has 96 valence electrons. The summed E-state index contributed by atoms with van der Waals surface area (Å²) in [4.78, 5) is 16.0. The Morgan fingerprint density at radius 1 is 1.37 bits per heavy atom. The maximum atomic E-state index is 11.8. The van der Waals surface area contributed by atoms with Crippen LogP contribution in [-0.4, -0.2) is 19.4 Å². The lowest BCUT2D eigenvalue weighted by molar-refractivity contribution is 0.869. The molecule has 0 spiro atoms. The van der Waals surface area contributed by atoms with Gasteiger partial charge < -0.3 is 5.84 Å². The zero-order chi connectivity index (χ0) is 13.6. The molecule has 0 saturated heterocycles. The molecule has 0 unspecified atom stereocenters. The smallest absolute Gasteiger partial charge is 0.282 e. The van der Waals surface area contributed by atoms with Crippen LogP contribution in [0.3, 0.4) is 0 Å². The van der Waals surface area contributed by atoms with Crippen LogP contribution in [-0.2, 0) is 0 Å². The lowest BCUT2D eigenvalue weighted by Crippen LogP contribution is -2.27. The Labute approximate surface area is 113 Å². The molecular weight excluding hydrogens is 266 g/mol. The number of hydrogen-bond acceptors (Lipinski definition) is 4. The molecule has 2 aromatic heterocycles. The van der Waals surface area contributed by atoms with E-state index in [1.54, 1.807) is 10.7 Å². The van der Waals surface area contributed by atoms with Crippen molar-refractivity contribution in [1.29, 1.82) is 0 Å². The number of hydrogen-bond donors (Lipinski definition) is 1. The van der Waals surface area contributed by atoms with Gasteiger partial charge in [-0.25, -0.2) is 14.3 Å². The molecule has 0 atom stereocenters. The summed E-state index contributed by atoms with van der Waals surface area (Å²) in [5, 5.41) is 5.19.